The summed E-state index contributed by atoms with van der Waals surface area (Å²) >= 11 is 0. The summed E-state index contributed by atoms with van der Waals surface area (Å²) < 4.78 is 99.0. The van der Waals surface area contributed by atoms with Crippen LogP contribution in [0.4, 0.5) is 17.6 Å². The molecule has 0 saturated heterocycles. The number of fused-ring (bicyclic) bond motifs is 6. The van der Waals surface area contributed by atoms with Crippen LogP contribution in [0.15, 0.2) is 17.0 Å². The normalized spacial score (nSPS) is 36.5. The van der Waals surface area contributed by atoms with Gasteiger partial charge in [0.25, 0.3) is 0 Å². The van der Waals surface area contributed by atoms with E-state index < -0.39 is 44.0 Å². The molecular formula is C33H36F4O4S. The van der Waals surface area contributed by atoms with Gasteiger partial charge < -0.3 is 4.74 Å². The molecule has 9 unspecified atom stereocenters. The van der Waals surface area contributed by atoms with Gasteiger partial charge in [-0.3, -0.25) is 4.55 Å². The molecule has 6 aliphatic carbocycles. The second-order valence-electron chi connectivity index (χ2n) is 14.4. The number of hydrogen-bond donors (Lipinski definition) is 1. The van der Waals surface area contributed by atoms with Crippen LogP contribution < -0.4 is 4.74 Å². The van der Waals surface area contributed by atoms with Gasteiger partial charge in [0.1, 0.15) is 5.75 Å². The first-order valence-electron chi connectivity index (χ1n) is 15.8. The molecule has 9 heteroatoms. The van der Waals surface area contributed by atoms with E-state index in [1.165, 1.54) is 37.7 Å². The van der Waals surface area contributed by atoms with Gasteiger partial charge in [0.2, 0.25) is 17.4 Å². The molecule has 0 aliphatic heterocycles. The first-order chi connectivity index (χ1) is 20.1. The van der Waals surface area contributed by atoms with Crippen LogP contribution in [0.25, 0.3) is 0 Å². The standard InChI is InChI=1S/C33H36F4O4S/c34-27-29(36)33(42(38,39)40)30(37)28(35)32(27)41-31-25(23-11-16-2-5-19(23)8-16)13-21(22-10-15-1-4-18(22)7-15)14-26(31)24-12-17-3-6-20(24)9-17/h13-20,22-24H,1-12H2,(H,38,39,40). The third kappa shape index (κ3) is 4.19. The van der Waals surface area contributed by atoms with E-state index in [1.54, 1.807) is 0 Å². The second-order valence-corrected chi connectivity index (χ2v) is 15.7. The summed E-state index contributed by atoms with van der Waals surface area (Å²) in [6.45, 7) is 0. The number of benzene rings is 2. The number of hydrogen-bond acceptors (Lipinski definition) is 3. The maximum atomic E-state index is 15.4. The molecule has 42 heavy (non-hydrogen) atoms. The van der Waals surface area contributed by atoms with Crippen molar-refractivity contribution in [3.8, 4) is 11.5 Å². The molecule has 6 bridgehead atoms. The van der Waals surface area contributed by atoms with Crippen LogP contribution in [0.5, 0.6) is 11.5 Å². The lowest BCUT2D eigenvalue weighted by Crippen LogP contribution is -2.18. The molecule has 1 N–H and O–H groups in total. The maximum Gasteiger partial charge on any atom is 0.300 e. The van der Waals surface area contributed by atoms with E-state index in [0.717, 1.165) is 62.0 Å². The van der Waals surface area contributed by atoms with Crippen LogP contribution in [0.1, 0.15) is 111 Å². The highest BCUT2D eigenvalue weighted by Crippen LogP contribution is 2.61. The van der Waals surface area contributed by atoms with Crippen molar-refractivity contribution in [1.82, 2.24) is 0 Å². The van der Waals surface area contributed by atoms with Gasteiger partial charge in [-0.2, -0.15) is 17.2 Å². The van der Waals surface area contributed by atoms with Crippen LogP contribution in [0.3, 0.4) is 0 Å². The van der Waals surface area contributed by atoms with Gasteiger partial charge in [-0.25, -0.2) is 8.78 Å². The second kappa shape index (κ2) is 9.68. The van der Waals surface area contributed by atoms with Crippen molar-refractivity contribution in [2.45, 2.75) is 99.7 Å². The predicted molar refractivity (Wildman–Crippen MR) is 147 cm³/mol. The summed E-state index contributed by atoms with van der Waals surface area (Å²) in [5, 5.41) is 0. The van der Waals surface area contributed by atoms with Gasteiger partial charge in [-0.05, 0) is 128 Å². The SMILES string of the molecule is O=S(=O)(O)c1c(F)c(F)c(Oc2c(C3CC4CCC3C4)cc(C3CC4CCC3C4)cc2C2CC3CCC2C3)c(F)c1F. The van der Waals surface area contributed by atoms with Gasteiger partial charge in [0.05, 0.1) is 0 Å². The lowest BCUT2D eigenvalue weighted by molar-refractivity contribution is 0.331. The van der Waals surface area contributed by atoms with Crippen molar-refractivity contribution < 1.29 is 35.3 Å². The quantitative estimate of drug-likeness (QED) is 0.203. The van der Waals surface area contributed by atoms with Crippen LogP contribution in [0.2, 0.25) is 0 Å². The molecule has 0 radical (unpaired) electrons. The Morgan fingerprint density at radius 2 is 1.02 bits per heavy atom. The van der Waals surface area contributed by atoms with E-state index in [4.69, 9.17) is 4.74 Å². The summed E-state index contributed by atoms with van der Waals surface area (Å²) in [5.41, 5.74) is 3.04. The largest absolute Gasteiger partial charge is 0.450 e. The zero-order valence-electron chi connectivity index (χ0n) is 23.4. The van der Waals surface area contributed by atoms with Crippen molar-refractivity contribution in [2.75, 3.05) is 0 Å². The third-order valence-electron chi connectivity index (χ3n) is 12.3. The molecule has 0 amide bonds. The molecule has 2 aromatic carbocycles. The molecule has 8 rings (SSSR count). The highest BCUT2D eigenvalue weighted by Gasteiger charge is 2.47. The first kappa shape index (κ1) is 27.4. The van der Waals surface area contributed by atoms with Crippen LogP contribution >= 0.6 is 0 Å². The molecule has 6 saturated carbocycles. The molecule has 0 heterocycles. The molecule has 226 valence electrons. The molecule has 6 aliphatic rings. The Bertz CT molecular complexity index is 1500. The van der Waals surface area contributed by atoms with Crippen LogP contribution in [-0.4, -0.2) is 13.0 Å². The zero-order chi connectivity index (χ0) is 29.1. The minimum absolute atomic E-state index is 0.132. The molecule has 6 fully saturated rings. The molecular weight excluding hydrogens is 568 g/mol. The lowest BCUT2D eigenvalue weighted by atomic mass is 9.74. The summed E-state index contributed by atoms with van der Waals surface area (Å²) in [4.78, 5) is -2.04. The van der Waals surface area contributed by atoms with E-state index in [0.29, 0.717) is 41.3 Å². The Labute approximate surface area is 244 Å². The summed E-state index contributed by atoms with van der Waals surface area (Å²) in [7, 11) is -5.56. The fourth-order valence-electron chi connectivity index (χ4n) is 10.5. The third-order valence-corrected chi connectivity index (χ3v) is 13.1. The van der Waals surface area contributed by atoms with Crippen molar-refractivity contribution >= 4 is 10.1 Å². The van der Waals surface area contributed by atoms with E-state index in [-0.39, 0.29) is 11.8 Å². The highest BCUT2D eigenvalue weighted by molar-refractivity contribution is 7.85. The zero-order valence-corrected chi connectivity index (χ0v) is 24.2. The van der Waals surface area contributed by atoms with E-state index >= 15 is 8.78 Å². The Hall–Kier alpha value is -2.13. The Kier molecular flexibility index (Phi) is 6.32. The monoisotopic (exact) mass is 604 g/mol. The predicted octanol–water partition coefficient (Wildman–Crippen LogP) is 8.99. The minimum atomic E-state index is -5.56. The fourth-order valence-corrected chi connectivity index (χ4v) is 11.1. The summed E-state index contributed by atoms with van der Waals surface area (Å²) in [6, 6.07) is 4.36. The first-order valence-corrected chi connectivity index (χ1v) is 17.2. The maximum absolute atomic E-state index is 15.4. The van der Waals surface area contributed by atoms with Crippen molar-refractivity contribution in [3.63, 3.8) is 0 Å². The van der Waals surface area contributed by atoms with E-state index in [1.807, 2.05) is 0 Å². The number of rotatable bonds is 6. The van der Waals surface area contributed by atoms with Crippen LogP contribution in [-0.2, 0) is 10.1 Å². The van der Waals surface area contributed by atoms with E-state index in [9.17, 15) is 21.8 Å². The number of halogens is 4. The molecule has 4 nitrogen and oxygen atoms in total. The Balaban J connectivity index is 1.31. The smallest absolute Gasteiger partial charge is 0.300 e. The molecule has 9 atom stereocenters. The number of ether oxygens (including phenoxy) is 1. The Morgan fingerprint density at radius 1 is 0.595 bits per heavy atom. The van der Waals surface area contributed by atoms with Crippen molar-refractivity contribution in [2.24, 2.45) is 35.5 Å². The van der Waals surface area contributed by atoms with E-state index in [2.05, 4.69) is 12.1 Å². The fraction of sp³-hybridized carbons (Fsp3) is 0.636. The average molecular weight is 605 g/mol. The minimum Gasteiger partial charge on any atom is -0.450 e. The topological polar surface area (TPSA) is 63.6 Å². The van der Waals surface area contributed by atoms with Crippen LogP contribution in [0, 0.1) is 58.8 Å². The summed E-state index contributed by atoms with van der Waals surface area (Å²) in [6.07, 6.45) is 13.5. The summed E-state index contributed by atoms with van der Waals surface area (Å²) in [5.74, 6) is -5.20. The highest BCUT2D eigenvalue weighted by atomic mass is 32.2. The van der Waals surface area contributed by atoms with Gasteiger partial charge in [-0.15, -0.1) is 0 Å². The molecule has 0 aromatic heterocycles. The molecule has 2 aromatic rings. The van der Waals surface area contributed by atoms with Gasteiger partial charge in [0.15, 0.2) is 16.5 Å². The van der Waals surface area contributed by atoms with Gasteiger partial charge >= 0.3 is 10.1 Å². The lowest BCUT2D eigenvalue weighted by Gasteiger charge is -2.32. The van der Waals surface area contributed by atoms with Crippen molar-refractivity contribution in [1.29, 1.82) is 0 Å². The van der Waals surface area contributed by atoms with Gasteiger partial charge in [-0.1, -0.05) is 31.4 Å². The average Bonchev–Trinajstić information content (AvgIpc) is 3.81. The van der Waals surface area contributed by atoms with Crippen molar-refractivity contribution in [3.05, 3.63) is 52.1 Å². The van der Waals surface area contributed by atoms with Gasteiger partial charge in [0, 0.05) is 0 Å². The Morgan fingerprint density at radius 3 is 1.38 bits per heavy atom. The molecule has 0 spiro atoms.